The van der Waals surface area contributed by atoms with Gasteiger partial charge in [0.05, 0.1) is 5.69 Å². The fraction of sp³-hybridized carbons (Fsp3) is 0.429. The lowest BCUT2D eigenvalue weighted by Crippen LogP contribution is -2.37. The molecule has 0 aliphatic heterocycles. The first kappa shape index (κ1) is 23.4. The number of nitrogens with one attached hydrogen (secondary N) is 2. The van der Waals surface area contributed by atoms with Gasteiger partial charge < -0.3 is 15.4 Å². The van der Waals surface area contributed by atoms with E-state index in [0.717, 1.165) is 43.4 Å². The van der Waals surface area contributed by atoms with Crippen LogP contribution in [0, 0.1) is 5.92 Å². The molecule has 1 aromatic heterocycles. The van der Waals surface area contributed by atoms with Crippen LogP contribution < -0.4 is 10.6 Å². The fourth-order valence-corrected chi connectivity index (χ4v) is 2.48. The van der Waals surface area contributed by atoms with Gasteiger partial charge in [0.2, 0.25) is 0 Å². The van der Waals surface area contributed by atoms with Crippen molar-refractivity contribution in [2.45, 2.75) is 26.8 Å². The highest BCUT2D eigenvalue weighted by molar-refractivity contribution is 14.0. The molecular weight excluding hydrogens is 451 g/mol. The number of guanidine groups is 1. The van der Waals surface area contributed by atoms with Gasteiger partial charge in [-0.1, -0.05) is 38.1 Å². The lowest BCUT2D eigenvalue weighted by molar-refractivity contribution is 0.108. The van der Waals surface area contributed by atoms with Crippen molar-refractivity contribution in [3.63, 3.8) is 0 Å². The Labute approximate surface area is 180 Å². The van der Waals surface area contributed by atoms with Crippen LogP contribution in [0.4, 0.5) is 0 Å². The summed E-state index contributed by atoms with van der Waals surface area (Å²) in [5.41, 5.74) is 3.30. The van der Waals surface area contributed by atoms with Crippen molar-refractivity contribution in [1.29, 1.82) is 0 Å². The lowest BCUT2D eigenvalue weighted by atomic mass is 10.1. The number of nitrogens with zero attached hydrogens (tertiary/aromatic N) is 2. The molecule has 0 aliphatic carbocycles. The smallest absolute Gasteiger partial charge is 0.191 e. The molecule has 0 amide bonds. The lowest BCUT2D eigenvalue weighted by Gasteiger charge is -2.13. The molecule has 27 heavy (non-hydrogen) atoms. The van der Waals surface area contributed by atoms with Crippen molar-refractivity contribution in [1.82, 2.24) is 15.6 Å². The van der Waals surface area contributed by atoms with Crippen LogP contribution in [-0.4, -0.2) is 37.7 Å². The molecule has 1 aromatic carbocycles. The molecular formula is C21H31IN4O. The van der Waals surface area contributed by atoms with Crippen LogP contribution in [0.5, 0.6) is 0 Å². The van der Waals surface area contributed by atoms with Gasteiger partial charge in [-0.15, -0.1) is 24.0 Å². The predicted octanol–water partition coefficient (Wildman–Crippen LogP) is 4.09. The molecule has 1 heterocycles. The van der Waals surface area contributed by atoms with Crippen LogP contribution in [0.1, 0.15) is 25.8 Å². The number of rotatable bonds is 9. The van der Waals surface area contributed by atoms with Crippen LogP contribution in [0.25, 0.3) is 11.3 Å². The molecule has 0 bridgehead atoms. The normalized spacial score (nSPS) is 11.2. The predicted molar refractivity (Wildman–Crippen MR) is 124 cm³/mol. The van der Waals surface area contributed by atoms with Gasteiger partial charge in [0.15, 0.2) is 5.96 Å². The standard InChI is InChI=1S/C21H30N4O.HI/c1-17(2)16-26-13-7-12-24-21(22-3)25-15-18-8-6-9-19(14-18)20-10-4-5-11-23-20;/h4-6,8-11,14,17H,7,12-13,15-16H2,1-3H3,(H2,22,24,25);1H. The van der Waals surface area contributed by atoms with E-state index in [0.29, 0.717) is 12.5 Å². The molecule has 2 rings (SSSR count). The van der Waals surface area contributed by atoms with Crippen LogP contribution in [-0.2, 0) is 11.3 Å². The van der Waals surface area contributed by atoms with Crippen molar-refractivity contribution in [2.75, 3.05) is 26.8 Å². The SMILES string of the molecule is CN=C(NCCCOCC(C)C)NCc1cccc(-c2ccccn2)c1.I. The van der Waals surface area contributed by atoms with Gasteiger partial charge in [-0.05, 0) is 36.1 Å². The highest BCUT2D eigenvalue weighted by Crippen LogP contribution is 2.17. The molecule has 0 spiro atoms. The molecule has 0 unspecified atom stereocenters. The molecule has 5 nitrogen and oxygen atoms in total. The van der Waals surface area contributed by atoms with E-state index in [9.17, 15) is 0 Å². The third-order valence-corrected chi connectivity index (χ3v) is 3.78. The van der Waals surface area contributed by atoms with Crippen LogP contribution in [0.2, 0.25) is 0 Å². The maximum atomic E-state index is 5.59. The summed E-state index contributed by atoms with van der Waals surface area (Å²) < 4.78 is 5.59. The zero-order valence-electron chi connectivity index (χ0n) is 16.4. The maximum absolute atomic E-state index is 5.59. The van der Waals surface area contributed by atoms with E-state index in [4.69, 9.17) is 4.74 Å². The first-order valence-electron chi connectivity index (χ1n) is 9.21. The average Bonchev–Trinajstić information content (AvgIpc) is 2.67. The summed E-state index contributed by atoms with van der Waals surface area (Å²) in [4.78, 5) is 8.68. The molecule has 0 saturated carbocycles. The molecule has 2 N–H and O–H groups in total. The maximum Gasteiger partial charge on any atom is 0.191 e. The fourth-order valence-electron chi connectivity index (χ4n) is 2.48. The topological polar surface area (TPSA) is 58.5 Å². The van der Waals surface area contributed by atoms with Crippen molar-refractivity contribution in [3.8, 4) is 11.3 Å². The van der Waals surface area contributed by atoms with E-state index < -0.39 is 0 Å². The third kappa shape index (κ3) is 9.19. The Morgan fingerprint density at radius 3 is 2.70 bits per heavy atom. The number of aromatic nitrogens is 1. The number of ether oxygens (including phenoxy) is 1. The number of halogens is 1. The quantitative estimate of drug-likeness (QED) is 0.245. The Morgan fingerprint density at radius 1 is 1.15 bits per heavy atom. The minimum absolute atomic E-state index is 0. The average molecular weight is 482 g/mol. The Kier molecular flexibility index (Phi) is 11.7. The van der Waals surface area contributed by atoms with Crippen LogP contribution >= 0.6 is 24.0 Å². The Balaban J connectivity index is 0.00000364. The Morgan fingerprint density at radius 2 is 2.00 bits per heavy atom. The number of pyridine rings is 1. The molecule has 2 aromatic rings. The van der Waals surface area contributed by atoms with E-state index >= 15 is 0 Å². The van der Waals surface area contributed by atoms with Gasteiger partial charge in [0, 0.05) is 45.1 Å². The minimum Gasteiger partial charge on any atom is -0.381 e. The summed E-state index contributed by atoms with van der Waals surface area (Å²) in [5, 5.41) is 6.67. The van der Waals surface area contributed by atoms with E-state index in [1.807, 2.05) is 24.4 Å². The van der Waals surface area contributed by atoms with Gasteiger partial charge in [-0.25, -0.2) is 0 Å². The molecule has 6 heteroatoms. The Bertz CT molecular complexity index is 677. The zero-order chi connectivity index (χ0) is 18.6. The summed E-state index contributed by atoms with van der Waals surface area (Å²) in [6, 6.07) is 14.4. The highest BCUT2D eigenvalue weighted by Gasteiger charge is 2.02. The summed E-state index contributed by atoms with van der Waals surface area (Å²) >= 11 is 0. The summed E-state index contributed by atoms with van der Waals surface area (Å²) in [6.07, 6.45) is 2.78. The van der Waals surface area contributed by atoms with E-state index in [1.165, 1.54) is 5.56 Å². The van der Waals surface area contributed by atoms with E-state index in [1.54, 1.807) is 7.05 Å². The monoisotopic (exact) mass is 482 g/mol. The summed E-state index contributed by atoms with van der Waals surface area (Å²) in [6.45, 7) is 7.46. The second-order valence-corrected chi connectivity index (χ2v) is 6.59. The minimum atomic E-state index is 0. The van der Waals surface area contributed by atoms with Crippen molar-refractivity contribution >= 4 is 29.9 Å². The van der Waals surface area contributed by atoms with Crippen molar-refractivity contribution in [2.24, 2.45) is 10.9 Å². The number of hydrogen-bond donors (Lipinski definition) is 2. The molecule has 0 saturated heterocycles. The van der Waals surface area contributed by atoms with Gasteiger partial charge >= 0.3 is 0 Å². The third-order valence-electron chi connectivity index (χ3n) is 3.78. The first-order valence-corrected chi connectivity index (χ1v) is 9.21. The number of benzene rings is 1. The summed E-state index contributed by atoms with van der Waals surface area (Å²) in [5.74, 6) is 1.39. The molecule has 148 valence electrons. The highest BCUT2D eigenvalue weighted by atomic mass is 127. The largest absolute Gasteiger partial charge is 0.381 e. The van der Waals surface area contributed by atoms with Gasteiger partial charge in [-0.3, -0.25) is 9.98 Å². The molecule has 0 aliphatic rings. The zero-order valence-corrected chi connectivity index (χ0v) is 18.8. The molecule has 0 atom stereocenters. The number of hydrogen-bond acceptors (Lipinski definition) is 3. The molecule has 0 fully saturated rings. The second-order valence-electron chi connectivity index (χ2n) is 6.59. The Hall–Kier alpha value is -1.67. The van der Waals surface area contributed by atoms with Gasteiger partial charge in [0.1, 0.15) is 0 Å². The summed E-state index contributed by atoms with van der Waals surface area (Å²) in [7, 11) is 1.79. The second kappa shape index (κ2) is 13.5. The van der Waals surface area contributed by atoms with Crippen LogP contribution in [0.3, 0.4) is 0 Å². The van der Waals surface area contributed by atoms with Crippen LogP contribution in [0.15, 0.2) is 53.7 Å². The van der Waals surface area contributed by atoms with Gasteiger partial charge in [-0.2, -0.15) is 0 Å². The first-order chi connectivity index (χ1) is 12.7. The molecule has 0 radical (unpaired) electrons. The van der Waals surface area contributed by atoms with Gasteiger partial charge in [0.25, 0.3) is 0 Å². The number of aliphatic imine (C=N–C) groups is 1. The van der Waals surface area contributed by atoms with E-state index in [-0.39, 0.29) is 24.0 Å². The van der Waals surface area contributed by atoms with Crippen molar-refractivity contribution < 1.29 is 4.74 Å². The van der Waals surface area contributed by atoms with E-state index in [2.05, 4.69) is 58.7 Å². The van der Waals surface area contributed by atoms with Crippen molar-refractivity contribution in [3.05, 3.63) is 54.2 Å².